The molecule has 140 valence electrons. The van der Waals surface area contributed by atoms with Gasteiger partial charge in [0.25, 0.3) is 0 Å². The Labute approximate surface area is 165 Å². The number of para-hydroxylation sites is 1. The number of aromatic hydroxyl groups is 2. The van der Waals surface area contributed by atoms with Gasteiger partial charge in [0.2, 0.25) is 0 Å². The van der Waals surface area contributed by atoms with Crippen molar-refractivity contribution in [2.45, 2.75) is 6.42 Å². The van der Waals surface area contributed by atoms with E-state index in [0.717, 1.165) is 12.2 Å². The zero-order valence-corrected chi connectivity index (χ0v) is 15.4. The van der Waals surface area contributed by atoms with E-state index < -0.39 is 0 Å². The molecular weight excluding hydrogens is 348 g/mol. The van der Waals surface area contributed by atoms with Crippen molar-refractivity contribution in [3.63, 3.8) is 0 Å². The summed E-state index contributed by atoms with van der Waals surface area (Å²) in [4.78, 5) is 0. The Kier molecular flexibility index (Phi) is 6.69. The molecule has 3 heteroatoms. The first-order chi connectivity index (χ1) is 13.7. The lowest BCUT2D eigenvalue weighted by molar-refractivity contribution is 0.464. The lowest BCUT2D eigenvalue weighted by Gasteiger charge is -2.04. The minimum atomic E-state index is 0.241. The van der Waals surface area contributed by atoms with Crippen LogP contribution in [0.5, 0.6) is 23.0 Å². The van der Waals surface area contributed by atoms with Gasteiger partial charge in [-0.15, -0.1) is 0 Å². The number of rotatable bonds is 4. The average Bonchev–Trinajstić information content (AvgIpc) is 2.74. The normalized spacial score (nSPS) is 9.86. The third-order valence-electron chi connectivity index (χ3n) is 4.00. The van der Waals surface area contributed by atoms with Gasteiger partial charge in [0, 0.05) is 0 Å². The lowest BCUT2D eigenvalue weighted by Crippen LogP contribution is -1.86. The van der Waals surface area contributed by atoms with E-state index in [2.05, 4.69) is 12.1 Å². The van der Waals surface area contributed by atoms with Crippen molar-refractivity contribution in [2.75, 3.05) is 0 Å². The highest BCUT2D eigenvalue weighted by Gasteiger charge is 1.96. The van der Waals surface area contributed by atoms with Gasteiger partial charge in [-0.05, 0) is 66.1 Å². The highest BCUT2D eigenvalue weighted by Crippen LogP contribution is 2.22. The zero-order valence-electron chi connectivity index (χ0n) is 15.4. The van der Waals surface area contributed by atoms with Crippen molar-refractivity contribution in [1.82, 2.24) is 0 Å². The van der Waals surface area contributed by atoms with Crippen molar-refractivity contribution >= 4 is 0 Å². The van der Waals surface area contributed by atoms with Crippen LogP contribution < -0.4 is 4.74 Å². The Bertz CT molecular complexity index is 865. The Hall–Kier alpha value is -3.72. The molecule has 0 aliphatic heterocycles. The molecule has 0 radical (unpaired) electrons. The van der Waals surface area contributed by atoms with Crippen LogP contribution in [0.1, 0.15) is 11.1 Å². The third-order valence-corrected chi connectivity index (χ3v) is 4.00. The Morgan fingerprint density at radius 3 is 1.46 bits per heavy atom. The second-order valence-electron chi connectivity index (χ2n) is 6.24. The summed E-state index contributed by atoms with van der Waals surface area (Å²) < 4.78 is 5.52. The van der Waals surface area contributed by atoms with Crippen LogP contribution in [0.15, 0.2) is 109 Å². The van der Waals surface area contributed by atoms with Crippen molar-refractivity contribution in [1.29, 1.82) is 0 Å². The molecule has 0 atom stereocenters. The van der Waals surface area contributed by atoms with Gasteiger partial charge in [0.15, 0.2) is 0 Å². The number of hydrogen-bond donors (Lipinski definition) is 2. The molecule has 0 spiro atoms. The van der Waals surface area contributed by atoms with E-state index in [1.54, 1.807) is 36.4 Å². The molecular formula is C25H22O3. The molecule has 0 saturated carbocycles. The smallest absolute Gasteiger partial charge is 0.127 e. The molecule has 0 unspecified atom stereocenters. The molecule has 0 saturated heterocycles. The van der Waals surface area contributed by atoms with E-state index >= 15 is 0 Å². The first kappa shape index (κ1) is 19.1. The fourth-order valence-corrected chi connectivity index (χ4v) is 2.58. The third kappa shape index (κ3) is 6.22. The van der Waals surface area contributed by atoms with Gasteiger partial charge in [-0.3, -0.25) is 0 Å². The zero-order chi connectivity index (χ0) is 19.6. The number of phenolic OH excluding ortho intramolecular Hbond substituents is 2. The molecule has 4 rings (SSSR count). The maximum absolute atomic E-state index is 9.12. The molecule has 0 aliphatic carbocycles. The summed E-state index contributed by atoms with van der Waals surface area (Å²) in [5, 5.41) is 18.2. The van der Waals surface area contributed by atoms with Crippen LogP contribution in [0.2, 0.25) is 0 Å². The molecule has 0 heterocycles. The molecule has 28 heavy (non-hydrogen) atoms. The van der Waals surface area contributed by atoms with Crippen molar-refractivity contribution in [3.05, 3.63) is 120 Å². The first-order valence-corrected chi connectivity index (χ1v) is 9.03. The van der Waals surface area contributed by atoms with Crippen LogP contribution in [0.25, 0.3) is 0 Å². The van der Waals surface area contributed by atoms with Crippen LogP contribution in [0.4, 0.5) is 0 Å². The summed E-state index contributed by atoms with van der Waals surface area (Å²) in [6.45, 7) is 0. The molecule has 2 N–H and O–H groups in total. The molecule has 3 nitrogen and oxygen atoms in total. The topological polar surface area (TPSA) is 49.7 Å². The van der Waals surface area contributed by atoms with Gasteiger partial charge in [-0.25, -0.2) is 0 Å². The summed E-state index contributed by atoms with van der Waals surface area (Å²) in [7, 11) is 0. The SMILES string of the molecule is Oc1ccc(Cc2ccccc2)cc1.Oc1ccc(Oc2ccccc2)cc1. The Morgan fingerprint density at radius 2 is 0.893 bits per heavy atom. The number of benzene rings is 4. The highest BCUT2D eigenvalue weighted by atomic mass is 16.5. The Morgan fingerprint density at radius 1 is 0.464 bits per heavy atom. The van der Waals surface area contributed by atoms with Crippen LogP contribution in [0.3, 0.4) is 0 Å². The van der Waals surface area contributed by atoms with Crippen LogP contribution in [-0.2, 0) is 6.42 Å². The van der Waals surface area contributed by atoms with Crippen molar-refractivity contribution in [3.8, 4) is 23.0 Å². The highest BCUT2D eigenvalue weighted by molar-refractivity contribution is 5.34. The van der Waals surface area contributed by atoms with Crippen LogP contribution in [0, 0.1) is 0 Å². The number of ether oxygens (including phenoxy) is 1. The molecule has 0 aliphatic rings. The standard InChI is InChI=1S/C13H12O.C12H10O2/c14-13-8-6-12(7-9-13)10-11-4-2-1-3-5-11;13-10-6-8-12(9-7-10)14-11-4-2-1-3-5-11/h1-9,14H,10H2;1-9,13H. The lowest BCUT2D eigenvalue weighted by atomic mass is 10.1. The second kappa shape index (κ2) is 9.83. The van der Waals surface area contributed by atoms with E-state index in [4.69, 9.17) is 14.9 Å². The summed E-state index contributed by atoms with van der Waals surface area (Å²) in [5.74, 6) is 2.07. The second-order valence-corrected chi connectivity index (χ2v) is 6.24. The molecule has 0 fully saturated rings. The van der Waals surface area contributed by atoms with Crippen molar-refractivity contribution < 1.29 is 14.9 Å². The molecule has 0 amide bonds. The maximum atomic E-state index is 9.12. The monoisotopic (exact) mass is 370 g/mol. The van der Waals surface area contributed by atoms with Gasteiger partial charge in [0.1, 0.15) is 23.0 Å². The minimum absolute atomic E-state index is 0.241. The fourth-order valence-electron chi connectivity index (χ4n) is 2.58. The predicted octanol–water partition coefficient (Wildman–Crippen LogP) is 6.17. The van der Waals surface area contributed by atoms with Crippen LogP contribution in [-0.4, -0.2) is 10.2 Å². The van der Waals surface area contributed by atoms with Crippen LogP contribution >= 0.6 is 0 Å². The quantitative estimate of drug-likeness (QED) is 0.452. The summed E-state index contributed by atoms with van der Waals surface area (Å²) in [6.07, 6.45) is 0.918. The van der Waals surface area contributed by atoms with E-state index in [1.807, 2.05) is 60.7 Å². The van der Waals surface area contributed by atoms with E-state index in [1.165, 1.54) is 11.1 Å². The first-order valence-electron chi connectivity index (χ1n) is 9.03. The number of hydrogen-bond acceptors (Lipinski definition) is 3. The Balaban J connectivity index is 0.000000161. The van der Waals surface area contributed by atoms with Gasteiger partial charge < -0.3 is 14.9 Å². The molecule has 0 bridgehead atoms. The molecule has 0 aromatic heterocycles. The average molecular weight is 370 g/mol. The summed E-state index contributed by atoms with van der Waals surface area (Å²) in [5.41, 5.74) is 2.51. The molecule has 4 aromatic carbocycles. The fraction of sp³-hybridized carbons (Fsp3) is 0.0400. The van der Waals surface area contributed by atoms with Crippen molar-refractivity contribution in [2.24, 2.45) is 0 Å². The number of phenols is 2. The largest absolute Gasteiger partial charge is 0.508 e. The minimum Gasteiger partial charge on any atom is -0.508 e. The maximum Gasteiger partial charge on any atom is 0.127 e. The summed E-state index contributed by atoms with van der Waals surface area (Å²) >= 11 is 0. The van der Waals surface area contributed by atoms with Gasteiger partial charge in [-0.2, -0.15) is 0 Å². The van der Waals surface area contributed by atoms with Gasteiger partial charge >= 0.3 is 0 Å². The van der Waals surface area contributed by atoms with E-state index in [9.17, 15) is 0 Å². The summed E-state index contributed by atoms with van der Waals surface area (Å²) in [6, 6.07) is 33.8. The predicted molar refractivity (Wildman–Crippen MR) is 112 cm³/mol. The van der Waals surface area contributed by atoms with E-state index in [-0.39, 0.29) is 5.75 Å². The van der Waals surface area contributed by atoms with Gasteiger partial charge in [0.05, 0.1) is 0 Å². The van der Waals surface area contributed by atoms with E-state index in [0.29, 0.717) is 11.5 Å². The van der Waals surface area contributed by atoms with Gasteiger partial charge in [-0.1, -0.05) is 60.7 Å². The molecule has 4 aromatic rings.